The van der Waals surface area contributed by atoms with E-state index in [1.165, 1.54) is 4.90 Å². The number of aryl methyl sites for hydroxylation is 1. The lowest BCUT2D eigenvalue weighted by atomic mass is 10.1. The van der Waals surface area contributed by atoms with Gasteiger partial charge >= 0.3 is 6.03 Å². The number of hydrogen-bond acceptors (Lipinski definition) is 9. The molecule has 53 heavy (non-hydrogen) atoms. The standard InChI is InChI=1S/C39H38N10O4/c1-5-6-9-25-23-34(49(47-25)26-13-15-27(52-4)16-14-26)43-39(51)42-31-18-19-33(29-11-8-7-10-28(29)31)53-35-20-21-40-38(44-35)41-24-12-17-32-30(22-24)36(46-45-32)37(50)48(2)3/h7-8,10-23H,5-6,9H2,1-4H3,(H,45,46)(H,40,41,44)(H2,42,43,51). The van der Waals surface area contributed by atoms with Crippen molar-refractivity contribution < 1.29 is 19.1 Å². The number of ether oxygens (including phenoxy) is 2. The number of unbranched alkanes of at least 4 members (excludes halogenated alkanes) is 1. The maximum atomic E-state index is 13.5. The Morgan fingerprint density at radius 3 is 2.49 bits per heavy atom. The van der Waals surface area contributed by atoms with Crippen LogP contribution in [0.4, 0.5) is 27.9 Å². The Bertz CT molecular complexity index is 2420. The zero-order valence-electron chi connectivity index (χ0n) is 29.7. The fraction of sp³-hybridized carbons (Fsp3) is 0.179. The first-order valence-corrected chi connectivity index (χ1v) is 17.1. The zero-order valence-corrected chi connectivity index (χ0v) is 29.7. The van der Waals surface area contributed by atoms with Gasteiger partial charge in [0.05, 0.1) is 29.7 Å². The van der Waals surface area contributed by atoms with Crippen molar-refractivity contribution in [2.75, 3.05) is 37.2 Å². The molecule has 0 aliphatic heterocycles. The minimum atomic E-state index is -0.418. The van der Waals surface area contributed by atoms with Crippen LogP contribution in [-0.2, 0) is 6.42 Å². The fourth-order valence-corrected chi connectivity index (χ4v) is 5.83. The molecule has 14 heteroatoms. The molecule has 4 N–H and O–H groups in total. The average molecular weight is 711 g/mol. The van der Waals surface area contributed by atoms with Gasteiger partial charge in [-0.2, -0.15) is 15.2 Å². The molecule has 0 radical (unpaired) electrons. The summed E-state index contributed by atoms with van der Waals surface area (Å²) in [5.41, 5.74) is 4.01. The Morgan fingerprint density at radius 1 is 0.906 bits per heavy atom. The third-order valence-electron chi connectivity index (χ3n) is 8.51. The largest absolute Gasteiger partial charge is 0.497 e. The van der Waals surface area contributed by atoms with E-state index in [4.69, 9.17) is 14.6 Å². The van der Waals surface area contributed by atoms with Gasteiger partial charge < -0.3 is 25.0 Å². The summed E-state index contributed by atoms with van der Waals surface area (Å²) < 4.78 is 13.3. The Balaban J connectivity index is 1.09. The molecule has 3 heterocycles. The van der Waals surface area contributed by atoms with E-state index in [1.807, 2.05) is 72.8 Å². The zero-order chi connectivity index (χ0) is 36.9. The highest BCUT2D eigenvalue weighted by molar-refractivity contribution is 6.07. The molecule has 0 unspecified atom stereocenters. The summed E-state index contributed by atoms with van der Waals surface area (Å²) in [6, 6.07) is 27.3. The monoisotopic (exact) mass is 710 g/mol. The van der Waals surface area contributed by atoms with E-state index in [9.17, 15) is 9.59 Å². The van der Waals surface area contributed by atoms with Gasteiger partial charge in [0.2, 0.25) is 11.8 Å². The Hall–Kier alpha value is -6.96. The number of aromatic nitrogens is 6. The number of amides is 3. The van der Waals surface area contributed by atoms with Gasteiger partial charge in [0.15, 0.2) is 5.69 Å². The van der Waals surface area contributed by atoms with Crippen LogP contribution in [-0.4, -0.2) is 68.0 Å². The molecule has 0 saturated heterocycles. The first kappa shape index (κ1) is 34.5. The summed E-state index contributed by atoms with van der Waals surface area (Å²) in [7, 11) is 4.98. The first-order valence-electron chi connectivity index (χ1n) is 17.1. The molecule has 0 aliphatic rings. The van der Waals surface area contributed by atoms with Crippen molar-refractivity contribution in [3.63, 3.8) is 0 Å². The number of hydrogen-bond donors (Lipinski definition) is 4. The second-order valence-corrected chi connectivity index (χ2v) is 12.4. The van der Waals surface area contributed by atoms with Crippen LogP contribution >= 0.6 is 0 Å². The highest BCUT2D eigenvalue weighted by Crippen LogP contribution is 2.34. The number of carbonyl (C=O) groups is 2. The lowest BCUT2D eigenvalue weighted by Gasteiger charge is -2.14. The van der Waals surface area contributed by atoms with Crippen molar-refractivity contribution >= 4 is 56.8 Å². The second-order valence-electron chi connectivity index (χ2n) is 12.4. The van der Waals surface area contributed by atoms with Crippen LogP contribution in [0.25, 0.3) is 27.4 Å². The molecule has 3 aromatic heterocycles. The molecule has 0 aliphatic carbocycles. The van der Waals surface area contributed by atoms with E-state index >= 15 is 0 Å². The second kappa shape index (κ2) is 15.1. The summed E-state index contributed by atoms with van der Waals surface area (Å²) >= 11 is 0. The van der Waals surface area contributed by atoms with Crippen LogP contribution in [0.1, 0.15) is 35.9 Å². The lowest BCUT2D eigenvalue weighted by Crippen LogP contribution is -2.22. The molecule has 0 bridgehead atoms. The fourth-order valence-electron chi connectivity index (χ4n) is 5.83. The molecule has 0 spiro atoms. The van der Waals surface area contributed by atoms with Crippen molar-refractivity contribution in [2.24, 2.45) is 0 Å². The minimum Gasteiger partial charge on any atom is -0.497 e. The number of methoxy groups -OCH3 is 1. The van der Waals surface area contributed by atoms with Crippen molar-refractivity contribution in [3.8, 4) is 23.1 Å². The number of benzene rings is 4. The number of urea groups is 1. The van der Waals surface area contributed by atoms with E-state index in [0.29, 0.717) is 45.9 Å². The highest BCUT2D eigenvalue weighted by atomic mass is 16.5. The van der Waals surface area contributed by atoms with Crippen molar-refractivity contribution in [3.05, 3.63) is 109 Å². The number of fused-ring (bicyclic) bond motifs is 2. The van der Waals surface area contributed by atoms with E-state index < -0.39 is 6.03 Å². The molecule has 0 fully saturated rings. The molecule has 7 aromatic rings. The third-order valence-corrected chi connectivity index (χ3v) is 8.51. The number of nitrogens with zero attached hydrogens (tertiary/aromatic N) is 6. The molecular formula is C39H38N10O4. The van der Waals surface area contributed by atoms with Gasteiger partial charge in [-0.3, -0.25) is 15.2 Å². The van der Waals surface area contributed by atoms with Crippen LogP contribution in [0, 0.1) is 0 Å². The van der Waals surface area contributed by atoms with Crippen molar-refractivity contribution in [1.29, 1.82) is 0 Å². The topological polar surface area (TPSA) is 164 Å². The Labute approximate surface area is 305 Å². The van der Waals surface area contributed by atoms with Gasteiger partial charge in [-0.15, -0.1) is 0 Å². The summed E-state index contributed by atoms with van der Waals surface area (Å²) in [4.78, 5) is 36.5. The Morgan fingerprint density at radius 2 is 1.72 bits per heavy atom. The van der Waals surface area contributed by atoms with Gasteiger partial charge in [0.1, 0.15) is 17.3 Å². The van der Waals surface area contributed by atoms with Crippen molar-refractivity contribution in [2.45, 2.75) is 26.2 Å². The number of rotatable bonds is 12. The maximum absolute atomic E-state index is 13.5. The summed E-state index contributed by atoms with van der Waals surface area (Å²) in [5.74, 6) is 2.22. The summed E-state index contributed by atoms with van der Waals surface area (Å²) in [5, 5.41) is 23.3. The normalized spacial score (nSPS) is 11.0. The quantitative estimate of drug-likeness (QED) is 0.0986. The van der Waals surface area contributed by atoms with E-state index in [0.717, 1.165) is 52.7 Å². The van der Waals surface area contributed by atoms with Crippen molar-refractivity contribution in [1.82, 2.24) is 34.8 Å². The van der Waals surface area contributed by atoms with E-state index in [2.05, 4.69) is 43.0 Å². The lowest BCUT2D eigenvalue weighted by molar-refractivity contribution is 0.0823. The number of anilines is 4. The van der Waals surface area contributed by atoms with Gasteiger partial charge in [-0.1, -0.05) is 37.6 Å². The van der Waals surface area contributed by atoms with Gasteiger partial charge in [0, 0.05) is 54.3 Å². The number of nitrogens with one attached hydrogen (secondary N) is 4. The van der Waals surface area contributed by atoms with E-state index in [1.54, 1.807) is 50.3 Å². The van der Waals surface area contributed by atoms with E-state index in [-0.39, 0.29) is 5.91 Å². The van der Waals surface area contributed by atoms with Crippen LogP contribution in [0.5, 0.6) is 17.4 Å². The predicted molar refractivity (Wildman–Crippen MR) is 205 cm³/mol. The highest BCUT2D eigenvalue weighted by Gasteiger charge is 2.18. The summed E-state index contributed by atoms with van der Waals surface area (Å²) in [6.07, 6.45) is 4.41. The first-order chi connectivity index (χ1) is 25.8. The third kappa shape index (κ3) is 7.56. The molecule has 268 valence electrons. The number of aromatic amines is 1. The van der Waals surface area contributed by atoms with Gasteiger partial charge in [-0.25, -0.2) is 14.5 Å². The summed E-state index contributed by atoms with van der Waals surface area (Å²) in [6.45, 7) is 2.13. The smallest absolute Gasteiger partial charge is 0.324 e. The van der Waals surface area contributed by atoms with Gasteiger partial charge in [-0.05, 0) is 67.4 Å². The molecule has 7 rings (SSSR count). The predicted octanol–water partition coefficient (Wildman–Crippen LogP) is 7.92. The SMILES string of the molecule is CCCCc1cc(NC(=O)Nc2ccc(Oc3ccnc(Nc4ccc5[nH]nc(C(=O)N(C)C)c5c4)n3)c3ccccc23)n(-c2ccc(OC)cc2)n1. The number of H-pyrrole nitrogens is 1. The Kier molecular flexibility index (Phi) is 9.83. The van der Waals surface area contributed by atoms with Crippen LogP contribution < -0.4 is 25.4 Å². The molecule has 3 amide bonds. The van der Waals surface area contributed by atoms with Gasteiger partial charge in [0.25, 0.3) is 5.91 Å². The van der Waals surface area contributed by atoms with Crippen LogP contribution in [0.15, 0.2) is 97.2 Å². The minimum absolute atomic E-state index is 0.206. The van der Waals surface area contributed by atoms with Crippen LogP contribution in [0.2, 0.25) is 0 Å². The molecule has 14 nitrogen and oxygen atoms in total. The maximum Gasteiger partial charge on any atom is 0.324 e. The van der Waals surface area contributed by atoms with Crippen LogP contribution in [0.3, 0.4) is 0 Å². The molecule has 4 aromatic carbocycles. The molecule has 0 saturated carbocycles. The average Bonchev–Trinajstić information content (AvgIpc) is 3.78. The molecule has 0 atom stereocenters. The molecular weight excluding hydrogens is 672 g/mol. The number of carbonyl (C=O) groups excluding carboxylic acids is 2.